The van der Waals surface area contributed by atoms with Crippen molar-refractivity contribution in [2.24, 2.45) is 0 Å². The van der Waals surface area contributed by atoms with E-state index >= 15 is 0 Å². The largest absolute Gasteiger partial charge is 0.311 e. The summed E-state index contributed by atoms with van der Waals surface area (Å²) >= 11 is 0. The SMILES string of the molecule is C[C@@H]1CN(S(C)(=O)=O)[C@H](C)CN1. The Labute approximate surface area is 74.0 Å². The Morgan fingerprint density at radius 3 is 2.42 bits per heavy atom. The number of piperazine rings is 1. The molecule has 12 heavy (non-hydrogen) atoms. The lowest BCUT2D eigenvalue weighted by molar-refractivity contribution is 0.246. The molecule has 1 saturated heterocycles. The number of sulfonamides is 1. The lowest BCUT2D eigenvalue weighted by Crippen LogP contribution is -2.55. The van der Waals surface area contributed by atoms with Gasteiger partial charge >= 0.3 is 0 Å². The normalized spacial score (nSPS) is 33.6. The zero-order valence-electron chi connectivity index (χ0n) is 7.74. The van der Waals surface area contributed by atoms with Gasteiger partial charge in [-0.1, -0.05) is 0 Å². The molecule has 0 radical (unpaired) electrons. The average molecular weight is 192 g/mol. The molecular weight excluding hydrogens is 176 g/mol. The van der Waals surface area contributed by atoms with Crippen LogP contribution in [0.2, 0.25) is 0 Å². The Morgan fingerprint density at radius 2 is 2.00 bits per heavy atom. The van der Waals surface area contributed by atoms with Crippen LogP contribution >= 0.6 is 0 Å². The quantitative estimate of drug-likeness (QED) is 0.616. The highest BCUT2D eigenvalue weighted by molar-refractivity contribution is 7.88. The summed E-state index contributed by atoms with van der Waals surface area (Å²) < 4.78 is 24.0. The molecule has 4 nitrogen and oxygen atoms in total. The van der Waals surface area contributed by atoms with E-state index in [9.17, 15) is 8.42 Å². The summed E-state index contributed by atoms with van der Waals surface area (Å²) in [4.78, 5) is 0. The maximum atomic E-state index is 11.2. The molecule has 1 aliphatic heterocycles. The summed E-state index contributed by atoms with van der Waals surface area (Å²) in [5, 5.41) is 3.23. The predicted molar refractivity (Wildman–Crippen MR) is 48.5 cm³/mol. The molecule has 0 aromatic carbocycles. The molecule has 0 saturated carbocycles. The van der Waals surface area contributed by atoms with Gasteiger partial charge in [0.05, 0.1) is 6.26 Å². The smallest absolute Gasteiger partial charge is 0.211 e. The van der Waals surface area contributed by atoms with E-state index in [-0.39, 0.29) is 12.1 Å². The van der Waals surface area contributed by atoms with Crippen molar-refractivity contribution in [1.82, 2.24) is 9.62 Å². The predicted octanol–water partition coefficient (Wildman–Crippen LogP) is -0.372. The Hall–Kier alpha value is -0.130. The summed E-state index contributed by atoms with van der Waals surface area (Å²) in [6.07, 6.45) is 1.27. The molecule has 0 amide bonds. The zero-order valence-corrected chi connectivity index (χ0v) is 8.56. The minimum atomic E-state index is -3.01. The minimum Gasteiger partial charge on any atom is -0.311 e. The van der Waals surface area contributed by atoms with Crippen LogP contribution in [0.5, 0.6) is 0 Å². The molecule has 1 fully saturated rings. The van der Waals surface area contributed by atoms with Gasteiger partial charge in [-0.05, 0) is 13.8 Å². The summed E-state index contributed by atoms with van der Waals surface area (Å²) in [5.41, 5.74) is 0. The summed E-state index contributed by atoms with van der Waals surface area (Å²) in [5.74, 6) is 0. The highest BCUT2D eigenvalue weighted by Gasteiger charge is 2.28. The topological polar surface area (TPSA) is 49.4 Å². The molecule has 1 aliphatic rings. The van der Waals surface area contributed by atoms with Crippen molar-refractivity contribution in [3.8, 4) is 0 Å². The van der Waals surface area contributed by atoms with E-state index in [0.717, 1.165) is 6.54 Å². The van der Waals surface area contributed by atoms with Crippen LogP contribution in [0.25, 0.3) is 0 Å². The first-order valence-corrected chi connectivity index (χ1v) is 5.96. The van der Waals surface area contributed by atoms with E-state index in [0.29, 0.717) is 6.54 Å². The lowest BCUT2D eigenvalue weighted by Gasteiger charge is -2.35. The molecule has 72 valence electrons. The Balaban J connectivity index is 2.74. The third kappa shape index (κ3) is 2.18. The fraction of sp³-hybridized carbons (Fsp3) is 1.00. The van der Waals surface area contributed by atoms with E-state index in [1.807, 2.05) is 13.8 Å². The van der Waals surface area contributed by atoms with Gasteiger partial charge in [0.2, 0.25) is 10.0 Å². The van der Waals surface area contributed by atoms with Crippen LogP contribution in [0, 0.1) is 0 Å². The Bertz CT molecular complexity index is 250. The molecule has 0 bridgehead atoms. The minimum absolute atomic E-state index is 0.0798. The van der Waals surface area contributed by atoms with Gasteiger partial charge < -0.3 is 5.32 Å². The summed E-state index contributed by atoms with van der Waals surface area (Å²) in [6, 6.07) is 0.340. The third-order valence-corrected chi connectivity index (χ3v) is 3.49. The van der Waals surface area contributed by atoms with Gasteiger partial charge in [-0.2, -0.15) is 4.31 Å². The van der Waals surface area contributed by atoms with E-state index in [1.54, 1.807) is 4.31 Å². The summed E-state index contributed by atoms with van der Waals surface area (Å²) in [6.45, 7) is 5.23. The van der Waals surface area contributed by atoms with Crippen molar-refractivity contribution in [2.45, 2.75) is 25.9 Å². The van der Waals surface area contributed by atoms with Crippen LogP contribution in [0.4, 0.5) is 0 Å². The van der Waals surface area contributed by atoms with Crippen LogP contribution in [0.3, 0.4) is 0 Å². The Morgan fingerprint density at radius 1 is 1.42 bits per heavy atom. The van der Waals surface area contributed by atoms with Crippen LogP contribution in [0.15, 0.2) is 0 Å². The van der Waals surface area contributed by atoms with Gasteiger partial charge in [0, 0.05) is 25.2 Å². The molecule has 1 rings (SSSR count). The molecule has 0 spiro atoms. The number of nitrogens with one attached hydrogen (secondary N) is 1. The second-order valence-electron chi connectivity index (χ2n) is 3.49. The van der Waals surface area contributed by atoms with E-state index in [1.165, 1.54) is 6.26 Å². The second kappa shape index (κ2) is 3.32. The standard InChI is InChI=1S/C7H16N2O2S/c1-6-5-9(12(3,10)11)7(2)4-8-6/h6-8H,4-5H2,1-3H3/t6-,7-/m1/s1. The Kier molecular flexibility index (Phi) is 2.75. The molecular formula is C7H16N2O2S. The maximum Gasteiger partial charge on any atom is 0.211 e. The fourth-order valence-electron chi connectivity index (χ4n) is 1.45. The highest BCUT2D eigenvalue weighted by Crippen LogP contribution is 2.10. The van der Waals surface area contributed by atoms with Crippen molar-refractivity contribution < 1.29 is 8.42 Å². The first-order chi connectivity index (χ1) is 5.41. The van der Waals surface area contributed by atoms with Crippen LogP contribution in [-0.4, -0.2) is 44.2 Å². The van der Waals surface area contributed by atoms with Gasteiger partial charge in [-0.3, -0.25) is 0 Å². The first kappa shape index (κ1) is 9.95. The monoisotopic (exact) mass is 192 g/mol. The van der Waals surface area contributed by atoms with Gasteiger partial charge in [0.25, 0.3) is 0 Å². The first-order valence-electron chi connectivity index (χ1n) is 4.11. The molecule has 5 heteroatoms. The zero-order chi connectivity index (χ0) is 9.35. The molecule has 1 heterocycles. The molecule has 1 N–H and O–H groups in total. The number of rotatable bonds is 1. The number of hydrogen-bond donors (Lipinski definition) is 1. The lowest BCUT2D eigenvalue weighted by atomic mass is 10.2. The van der Waals surface area contributed by atoms with E-state index in [2.05, 4.69) is 5.32 Å². The summed E-state index contributed by atoms with van der Waals surface area (Å²) in [7, 11) is -3.01. The molecule has 0 aliphatic carbocycles. The van der Waals surface area contributed by atoms with Crippen molar-refractivity contribution in [2.75, 3.05) is 19.3 Å². The van der Waals surface area contributed by atoms with Gasteiger partial charge in [-0.15, -0.1) is 0 Å². The van der Waals surface area contributed by atoms with Crippen LogP contribution in [-0.2, 0) is 10.0 Å². The third-order valence-electron chi connectivity index (χ3n) is 2.13. The van der Waals surface area contributed by atoms with Crippen LogP contribution in [0.1, 0.15) is 13.8 Å². The van der Waals surface area contributed by atoms with Gasteiger partial charge in [0.1, 0.15) is 0 Å². The molecule has 0 aromatic rings. The molecule has 0 unspecified atom stereocenters. The van der Waals surface area contributed by atoms with Gasteiger partial charge in [-0.25, -0.2) is 8.42 Å². The van der Waals surface area contributed by atoms with E-state index < -0.39 is 10.0 Å². The maximum absolute atomic E-state index is 11.2. The molecule has 2 atom stereocenters. The fourth-order valence-corrected chi connectivity index (χ4v) is 2.67. The average Bonchev–Trinajstić information content (AvgIpc) is 1.92. The van der Waals surface area contributed by atoms with Crippen molar-refractivity contribution in [1.29, 1.82) is 0 Å². The molecule has 0 aromatic heterocycles. The van der Waals surface area contributed by atoms with Crippen molar-refractivity contribution in [3.05, 3.63) is 0 Å². The number of hydrogen-bond acceptors (Lipinski definition) is 3. The van der Waals surface area contributed by atoms with Crippen molar-refractivity contribution in [3.63, 3.8) is 0 Å². The van der Waals surface area contributed by atoms with Crippen molar-refractivity contribution >= 4 is 10.0 Å². The van der Waals surface area contributed by atoms with E-state index in [4.69, 9.17) is 0 Å². The second-order valence-corrected chi connectivity index (χ2v) is 5.43. The van der Waals surface area contributed by atoms with Crippen LogP contribution < -0.4 is 5.32 Å². The number of nitrogens with zero attached hydrogens (tertiary/aromatic N) is 1. The van der Waals surface area contributed by atoms with Gasteiger partial charge in [0.15, 0.2) is 0 Å². The highest BCUT2D eigenvalue weighted by atomic mass is 32.2.